The van der Waals surface area contributed by atoms with Crippen LogP contribution in [0.25, 0.3) is 0 Å². The Kier molecular flexibility index (Phi) is 2.83. The number of aromatic hydroxyl groups is 1. The average molecular weight is 319 g/mol. The number of carboxylic acids is 1. The smallest absolute Gasteiger partial charge is 0.321 e. The molecular weight excluding hydrogens is 309 g/mol. The second-order valence-corrected chi connectivity index (χ2v) is 4.75. The fourth-order valence-electron chi connectivity index (χ4n) is 1.71. The zero-order chi connectivity index (χ0) is 11.0. The van der Waals surface area contributed by atoms with Crippen molar-refractivity contribution in [1.82, 2.24) is 5.32 Å². The SMILES string of the molecule is O=C(O)C1Cc2ccc(O)cc2C(I)N1. The van der Waals surface area contributed by atoms with Gasteiger partial charge < -0.3 is 10.2 Å². The van der Waals surface area contributed by atoms with Gasteiger partial charge in [-0.1, -0.05) is 28.7 Å². The fraction of sp³-hybridized carbons (Fsp3) is 0.300. The Bertz CT molecular complexity index is 408. The second kappa shape index (κ2) is 3.97. The van der Waals surface area contributed by atoms with Gasteiger partial charge in [-0.25, -0.2) is 0 Å². The maximum Gasteiger partial charge on any atom is 0.321 e. The van der Waals surface area contributed by atoms with Gasteiger partial charge in [0, 0.05) is 0 Å². The van der Waals surface area contributed by atoms with E-state index in [-0.39, 0.29) is 9.80 Å². The molecule has 0 bridgehead atoms. The van der Waals surface area contributed by atoms with Gasteiger partial charge in [0.1, 0.15) is 11.8 Å². The minimum absolute atomic E-state index is 0.0699. The third kappa shape index (κ3) is 2.07. The topological polar surface area (TPSA) is 69.6 Å². The molecule has 3 N–H and O–H groups in total. The number of phenols is 1. The molecule has 1 aromatic carbocycles. The first-order valence-corrected chi connectivity index (χ1v) is 5.77. The van der Waals surface area contributed by atoms with E-state index in [0.29, 0.717) is 6.42 Å². The van der Waals surface area contributed by atoms with Gasteiger partial charge in [0.15, 0.2) is 0 Å². The van der Waals surface area contributed by atoms with Crippen LogP contribution in [-0.2, 0) is 11.2 Å². The van der Waals surface area contributed by atoms with E-state index in [1.807, 2.05) is 0 Å². The summed E-state index contributed by atoms with van der Waals surface area (Å²) < 4.78 is -0.0699. The van der Waals surface area contributed by atoms with Crippen molar-refractivity contribution in [3.05, 3.63) is 29.3 Å². The number of carbonyl (C=O) groups is 1. The summed E-state index contributed by atoms with van der Waals surface area (Å²) in [5, 5.41) is 21.2. The number of nitrogens with one attached hydrogen (secondary N) is 1. The van der Waals surface area contributed by atoms with Crippen LogP contribution < -0.4 is 5.32 Å². The second-order valence-electron chi connectivity index (χ2n) is 3.51. The minimum atomic E-state index is -0.838. The molecule has 0 radical (unpaired) electrons. The van der Waals surface area contributed by atoms with Crippen LogP contribution >= 0.6 is 22.6 Å². The van der Waals surface area contributed by atoms with Gasteiger partial charge in [0.25, 0.3) is 0 Å². The molecule has 0 fully saturated rings. The lowest BCUT2D eigenvalue weighted by molar-refractivity contribution is -0.139. The molecule has 0 saturated heterocycles. The number of rotatable bonds is 1. The third-order valence-electron chi connectivity index (χ3n) is 2.47. The molecule has 0 spiro atoms. The van der Waals surface area contributed by atoms with E-state index in [2.05, 4.69) is 27.9 Å². The Labute approximate surface area is 100 Å². The molecule has 1 aliphatic rings. The highest BCUT2D eigenvalue weighted by Crippen LogP contribution is 2.32. The predicted octanol–water partition coefficient (Wildman–Crippen LogP) is 1.42. The van der Waals surface area contributed by atoms with Gasteiger partial charge in [-0.05, 0) is 29.7 Å². The van der Waals surface area contributed by atoms with E-state index in [0.717, 1.165) is 11.1 Å². The normalized spacial score (nSPS) is 24.6. The lowest BCUT2D eigenvalue weighted by atomic mass is 9.96. The van der Waals surface area contributed by atoms with Crippen molar-refractivity contribution in [1.29, 1.82) is 0 Å². The third-order valence-corrected chi connectivity index (χ3v) is 3.50. The van der Waals surface area contributed by atoms with Crippen molar-refractivity contribution in [2.75, 3.05) is 0 Å². The summed E-state index contributed by atoms with van der Waals surface area (Å²) in [5.74, 6) is -0.624. The highest BCUT2D eigenvalue weighted by molar-refractivity contribution is 14.1. The molecule has 4 nitrogen and oxygen atoms in total. The number of halogens is 1. The lowest BCUT2D eigenvalue weighted by Crippen LogP contribution is -2.42. The molecule has 1 aliphatic heterocycles. The summed E-state index contributed by atoms with van der Waals surface area (Å²) in [7, 11) is 0. The number of fused-ring (bicyclic) bond motifs is 1. The van der Waals surface area contributed by atoms with Crippen molar-refractivity contribution in [2.45, 2.75) is 16.5 Å². The van der Waals surface area contributed by atoms with Gasteiger partial charge in [0.2, 0.25) is 0 Å². The van der Waals surface area contributed by atoms with Crippen LogP contribution in [0.5, 0.6) is 5.75 Å². The molecule has 80 valence electrons. The number of carboxylic acid groups (broad SMARTS) is 1. The van der Waals surface area contributed by atoms with Gasteiger partial charge in [0.05, 0.1) is 4.05 Å². The maximum atomic E-state index is 10.9. The molecule has 5 heteroatoms. The summed E-state index contributed by atoms with van der Waals surface area (Å²) in [6.45, 7) is 0. The van der Waals surface area contributed by atoms with Crippen LogP contribution in [0, 0.1) is 0 Å². The molecular formula is C10H10INO3. The molecule has 2 unspecified atom stereocenters. The summed E-state index contributed by atoms with van der Waals surface area (Å²) >= 11 is 2.13. The van der Waals surface area contributed by atoms with Gasteiger partial charge in [-0.2, -0.15) is 0 Å². The lowest BCUT2D eigenvalue weighted by Gasteiger charge is -2.27. The van der Waals surface area contributed by atoms with Crippen LogP contribution in [-0.4, -0.2) is 22.2 Å². The van der Waals surface area contributed by atoms with Gasteiger partial charge >= 0.3 is 5.97 Å². The van der Waals surface area contributed by atoms with E-state index in [4.69, 9.17) is 5.11 Å². The highest BCUT2D eigenvalue weighted by atomic mass is 127. The Morgan fingerprint density at radius 3 is 2.93 bits per heavy atom. The molecule has 15 heavy (non-hydrogen) atoms. The Hall–Kier alpha value is -0.820. The number of hydrogen-bond acceptors (Lipinski definition) is 3. The molecule has 2 atom stereocenters. The first-order valence-electron chi connectivity index (χ1n) is 4.52. The maximum absolute atomic E-state index is 10.9. The van der Waals surface area contributed by atoms with E-state index < -0.39 is 12.0 Å². The first-order chi connectivity index (χ1) is 7.08. The standard InChI is InChI=1S/C10H10INO3/c11-9-7-4-6(13)2-1-5(7)3-8(12-9)10(14)15/h1-2,4,8-9,12-13H,3H2,(H,14,15). The van der Waals surface area contributed by atoms with Gasteiger partial charge in [-0.3, -0.25) is 10.1 Å². The first kappa shape index (κ1) is 10.7. The molecule has 0 amide bonds. The number of alkyl halides is 1. The van der Waals surface area contributed by atoms with Crippen LogP contribution in [0.4, 0.5) is 0 Å². The molecule has 0 saturated carbocycles. The van der Waals surface area contributed by atoms with Crippen molar-refractivity contribution in [3.8, 4) is 5.75 Å². The number of aliphatic carboxylic acids is 1. The zero-order valence-corrected chi connectivity index (χ0v) is 9.93. The van der Waals surface area contributed by atoms with Crippen molar-refractivity contribution in [3.63, 3.8) is 0 Å². The fourth-order valence-corrected chi connectivity index (χ4v) is 2.72. The highest BCUT2D eigenvalue weighted by Gasteiger charge is 2.28. The average Bonchev–Trinajstić information content (AvgIpc) is 2.18. The van der Waals surface area contributed by atoms with E-state index >= 15 is 0 Å². The summed E-state index contributed by atoms with van der Waals surface area (Å²) in [5.41, 5.74) is 1.95. The number of phenolic OH excluding ortho intramolecular Hbond substituents is 1. The molecule has 1 heterocycles. The summed E-state index contributed by atoms with van der Waals surface area (Å²) in [6.07, 6.45) is 0.463. The number of benzene rings is 1. The van der Waals surface area contributed by atoms with Crippen molar-refractivity contribution in [2.24, 2.45) is 0 Å². The van der Waals surface area contributed by atoms with Crippen LogP contribution in [0.2, 0.25) is 0 Å². The Morgan fingerprint density at radius 2 is 2.27 bits per heavy atom. The quantitative estimate of drug-likeness (QED) is 0.416. The minimum Gasteiger partial charge on any atom is -0.508 e. The van der Waals surface area contributed by atoms with Crippen LogP contribution in [0.15, 0.2) is 18.2 Å². The molecule has 0 aliphatic carbocycles. The molecule has 2 rings (SSSR count). The Balaban J connectivity index is 2.36. The van der Waals surface area contributed by atoms with Crippen LogP contribution in [0.3, 0.4) is 0 Å². The van der Waals surface area contributed by atoms with Gasteiger partial charge in [-0.15, -0.1) is 0 Å². The molecule has 1 aromatic rings. The van der Waals surface area contributed by atoms with Crippen molar-refractivity contribution >= 4 is 28.6 Å². The molecule has 0 aromatic heterocycles. The zero-order valence-electron chi connectivity index (χ0n) is 7.77. The van der Waals surface area contributed by atoms with Crippen molar-refractivity contribution < 1.29 is 15.0 Å². The number of hydrogen-bond donors (Lipinski definition) is 3. The largest absolute Gasteiger partial charge is 0.508 e. The van der Waals surface area contributed by atoms with E-state index in [1.54, 1.807) is 18.2 Å². The monoisotopic (exact) mass is 319 g/mol. The summed E-state index contributed by atoms with van der Waals surface area (Å²) in [4.78, 5) is 10.9. The predicted molar refractivity (Wildman–Crippen MR) is 63.1 cm³/mol. The van der Waals surface area contributed by atoms with Crippen LogP contribution in [0.1, 0.15) is 15.2 Å². The van der Waals surface area contributed by atoms with E-state index in [9.17, 15) is 9.90 Å². The van der Waals surface area contributed by atoms with E-state index in [1.165, 1.54) is 0 Å². The Morgan fingerprint density at radius 1 is 1.53 bits per heavy atom. The summed E-state index contributed by atoms with van der Waals surface area (Å²) in [6, 6.07) is 4.51.